The average Bonchev–Trinajstić information content (AvgIpc) is 4.32. The molecule has 0 amide bonds. The standard InChI is InChI=1S/C38H55N15O23P4/c1-15(2)45-38-47-31-22(33(57)49-38)50(3)14-53(31)34-23(54)16(7-66-4)17(72-34)8-70-78(60,61)75-80(64,65)76-79(62,63)71-10-19-27(26(68-6)36(74-19)51-12-43-20-28(39)41-11-42-29(20)51)77(58,59)69-9-18-24(55)25(67-5)35(73-18)52-13-44-21-30(52)46-37(40)48-32(21)56/h11-19,23-27,34-36,54-55H,7-10H2,1-6H3,(H10-,39,40,41,42,45,46,47,48,49,56,57,58,59,60,61,62,63,64,65)/t16-,17-,18-,19?,23-,24-,25-,26-,27-,34-,35-,36-/m1/s1. The summed E-state index contributed by atoms with van der Waals surface area (Å²) < 4.78 is 118. The topological polar surface area (TPSA) is 520 Å². The Morgan fingerprint density at radius 3 is 2.02 bits per heavy atom. The number of ether oxygens (including phenoxy) is 6. The highest BCUT2D eigenvalue weighted by atomic mass is 31.3. The number of nitrogens with two attached hydrogens (primary N) is 2. The summed E-state index contributed by atoms with van der Waals surface area (Å²) in [7, 11) is -18.4. The number of nitrogens with zero attached hydrogens (tertiary/aromatic N) is 10. The molecular weight excluding hydrogens is 1160 g/mol. The van der Waals surface area contributed by atoms with E-state index in [2.05, 4.69) is 53.8 Å². The van der Waals surface area contributed by atoms with Gasteiger partial charge in [0.15, 0.2) is 41.4 Å². The SMILES string of the molecule is COC[C@H]1[C@@H](O)[C@H]([n+]2cn(C)c3c(=O)[nH]c(NC(C)C)nc32)O[C@@H]1COP(=O)(O)OP(=O)(O)OP(=O)(O)OCC1O[C@@H](n2cnc3c(N)ncnc32)[C@H](OC)[C@@H]1P(=O)([O-])OC[C@H]1O[C@@H](n2cnc3c(=O)[nH]c(N)nc32)[C@H](OC)[C@@H]1O. The van der Waals surface area contributed by atoms with Crippen LogP contribution in [0.15, 0.2) is 34.9 Å². The van der Waals surface area contributed by atoms with Crippen molar-refractivity contribution in [2.45, 2.75) is 87.0 Å². The number of hydrogen-bond acceptors (Lipinski definition) is 29. The fourth-order valence-electron chi connectivity index (χ4n) is 9.52. The second-order valence-corrected chi connectivity index (χ2v) is 25.1. The second-order valence-electron chi connectivity index (χ2n) is 18.6. The predicted molar refractivity (Wildman–Crippen MR) is 264 cm³/mol. The number of nitrogens with one attached hydrogen (secondary N) is 3. The fourth-order valence-corrected chi connectivity index (χ4v) is 14.8. The van der Waals surface area contributed by atoms with E-state index in [9.17, 15) is 57.6 Å². The number of aliphatic hydroxyl groups excluding tert-OH is 2. The highest BCUT2D eigenvalue weighted by molar-refractivity contribution is 7.66. The van der Waals surface area contributed by atoms with Gasteiger partial charge >= 0.3 is 29.1 Å². The molecule has 5 unspecified atom stereocenters. The molecule has 3 aliphatic heterocycles. The summed E-state index contributed by atoms with van der Waals surface area (Å²) in [5, 5.41) is 25.7. The van der Waals surface area contributed by atoms with E-state index in [1.807, 2.05) is 13.8 Å². The number of methoxy groups -OCH3 is 3. The molecule has 0 bridgehead atoms. The van der Waals surface area contributed by atoms with E-state index in [0.717, 1.165) is 26.1 Å². The molecule has 6 aromatic rings. The third-order valence-electron chi connectivity index (χ3n) is 12.9. The average molecular weight is 1210 g/mol. The molecule has 440 valence electrons. The highest BCUT2D eigenvalue weighted by Crippen LogP contribution is 2.68. The lowest BCUT2D eigenvalue weighted by Gasteiger charge is -2.35. The van der Waals surface area contributed by atoms with Gasteiger partial charge in [-0.15, -0.1) is 0 Å². The van der Waals surface area contributed by atoms with Crippen molar-refractivity contribution in [3.63, 3.8) is 0 Å². The van der Waals surface area contributed by atoms with Gasteiger partial charge in [-0.05, 0) is 13.8 Å². The zero-order chi connectivity index (χ0) is 58.0. The number of aryl methyl sites for hydroxylation is 1. The Bertz CT molecular complexity index is 3580. The van der Waals surface area contributed by atoms with Crippen LogP contribution < -0.4 is 37.4 Å². The molecule has 42 heteroatoms. The van der Waals surface area contributed by atoms with E-state index in [0.29, 0.717) is 0 Å². The molecule has 16 atom stereocenters. The van der Waals surface area contributed by atoms with Crippen molar-refractivity contribution in [2.24, 2.45) is 13.0 Å². The third-order valence-corrected chi connectivity index (χ3v) is 19.0. The first-order valence-electron chi connectivity index (χ1n) is 23.6. The Hall–Kier alpha value is -5.11. The second kappa shape index (κ2) is 22.9. The zero-order valence-electron chi connectivity index (χ0n) is 42.6. The van der Waals surface area contributed by atoms with Crippen LogP contribution in [0.2, 0.25) is 0 Å². The van der Waals surface area contributed by atoms with Crippen LogP contribution in [-0.2, 0) is 75.9 Å². The summed E-state index contributed by atoms with van der Waals surface area (Å²) >= 11 is 0. The number of aromatic nitrogens is 12. The molecule has 9 heterocycles. The minimum atomic E-state index is -6.20. The molecule has 0 aromatic carbocycles. The summed E-state index contributed by atoms with van der Waals surface area (Å²) in [6, 6.07) is -0.143. The predicted octanol–water partition coefficient (Wildman–Crippen LogP) is -2.48. The van der Waals surface area contributed by atoms with E-state index >= 15 is 0 Å². The highest BCUT2D eigenvalue weighted by Gasteiger charge is 2.55. The normalized spacial score (nSPS) is 29.4. The molecule has 38 nitrogen and oxygen atoms in total. The molecule has 3 fully saturated rings. The Morgan fingerprint density at radius 2 is 1.38 bits per heavy atom. The summed E-state index contributed by atoms with van der Waals surface area (Å²) in [6.45, 7) is 0.189. The maximum Gasteiger partial charge on any atom is 0.490 e. The largest absolute Gasteiger partial charge is 0.778 e. The van der Waals surface area contributed by atoms with E-state index in [1.54, 1.807) is 0 Å². The van der Waals surface area contributed by atoms with Crippen molar-refractivity contribution in [1.29, 1.82) is 0 Å². The van der Waals surface area contributed by atoms with E-state index in [-0.39, 0.29) is 63.9 Å². The van der Waals surface area contributed by atoms with Crippen LogP contribution >= 0.6 is 31.1 Å². The number of anilines is 3. The lowest BCUT2D eigenvalue weighted by Crippen LogP contribution is -2.45. The van der Waals surface area contributed by atoms with Gasteiger partial charge in [-0.1, -0.05) is 4.98 Å². The van der Waals surface area contributed by atoms with Crippen LogP contribution in [0.4, 0.5) is 17.7 Å². The smallest absolute Gasteiger partial charge is 0.490 e. The molecule has 0 aliphatic carbocycles. The van der Waals surface area contributed by atoms with Gasteiger partial charge in [0.05, 0.1) is 64.0 Å². The first kappa shape index (κ1) is 59.5. The zero-order valence-corrected chi connectivity index (χ0v) is 46.2. The van der Waals surface area contributed by atoms with Gasteiger partial charge in [-0.3, -0.25) is 42.3 Å². The number of aromatic amines is 2. The van der Waals surface area contributed by atoms with Crippen molar-refractivity contribution < 1.29 is 103 Å². The van der Waals surface area contributed by atoms with Gasteiger partial charge in [0.25, 0.3) is 17.1 Å². The summed E-state index contributed by atoms with van der Waals surface area (Å²) in [5.41, 5.74) is 8.43. The monoisotopic (exact) mass is 1210 g/mol. The quantitative estimate of drug-likeness (QED) is 0.0235. The summed E-state index contributed by atoms with van der Waals surface area (Å²) in [4.78, 5) is 102. The van der Waals surface area contributed by atoms with Crippen LogP contribution in [-0.4, -0.2) is 181 Å². The van der Waals surface area contributed by atoms with Gasteiger partial charge < -0.3 is 84.1 Å². The van der Waals surface area contributed by atoms with Crippen LogP contribution in [0.1, 0.15) is 32.5 Å². The summed E-state index contributed by atoms with van der Waals surface area (Å²) in [6.07, 6.45) is -10.1. The Kier molecular flexibility index (Phi) is 17.0. The van der Waals surface area contributed by atoms with Crippen molar-refractivity contribution in [2.75, 3.05) is 64.5 Å². The maximum absolute atomic E-state index is 14.4. The fraction of sp³-hybridized carbons (Fsp3) is 0.605. The minimum absolute atomic E-state index is 0.00186. The number of hydrogen-bond donors (Lipinski definition) is 10. The van der Waals surface area contributed by atoms with Gasteiger partial charge in [-0.2, -0.15) is 13.6 Å². The van der Waals surface area contributed by atoms with Gasteiger partial charge in [-0.25, -0.2) is 38.2 Å². The summed E-state index contributed by atoms with van der Waals surface area (Å²) in [5.74, 6) is -1.29. The third kappa shape index (κ3) is 11.9. The van der Waals surface area contributed by atoms with E-state index in [4.69, 9.17) is 53.5 Å². The van der Waals surface area contributed by atoms with Gasteiger partial charge in [0, 0.05) is 33.3 Å². The molecular formula is C38H55N15O23P4. The van der Waals surface area contributed by atoms with Gasteiger partial charge in [0.2, 0.25) is 17.7 Å². The first-order chi connectivity index (χ1) is 37.7. The molecule has 12 N–H and O–H groups in total. The molecule has 9 rings (SSSR count). The number of fused-ring (bicyclic) bond motifs is 3. The number of nitrogen functional groups attached to an aromatic ring is 2. The van der Waals surface area contributed by atoms with Gasteiger partial charge in [0.1, 0.15) is 50.0 Å². The molecule has 6 aromatic heterocycles. The van der Waals surface area contributed by atoms with Crippen molar-refractivity contribution in [3.05, 3.63) is 46.0 Å². The van der Waals surface area contributed by atoms with Crippen molar-refractivity contribution in [3.8, 4) is 0 Å². The van der Waals surface area contributed by atoms with E-state index < -0.39 is 135 Å². The molecule has 80 heavy (non-hydrogen) atoms. The molecule has 0 saturated carbocycles. The lowest BCUT2D eigenvalue weighted by molar-refractivity contribution is -0.745. The Morgan fingerprint density at radius 1 is 0.762 bits per heavy atom. The first-order valence-corrected chi connectivity index (χ1v) is 29.7. The Labute approximate surface area is 448 Å². The van der Waals surface area contributed by atoms with Crippen molar-refractivity contribution in [1.82, 2.24) is 53.6 Å². The van der Waals surface area contributed by atoms with E-state index in [1.165, 1.54) is 45.9 Å². The maximum atomic E-state index is 14.4. The number of rotatable bonds is 23. The molecule has 0 spiro atoms. The lowest BCUT2D eigenvalue weighted by atomic mass is 9.99. The van der Waals surface area contributed by atoms with Crippen molar-refractivity contribution >= 4 is 82.3 Å². The Balaban J connectivity index is 0.891. The van der Waals surface area contributed by atoms with Crippen LogP contribution in [0, 0.1) is 5.92 Å². The number of imidazole rings is 3. The van der Waals surface area contributed by atoms with Crippen LogP contribution in [0.25, 0.3) is 33.5 Å². The molecule has 0 radical (unpaired) electrons. The molecule has 3 saturated heterocycles. The number of H-pyrrole nitrogens is 2. The number of phosphoric ester groups is 2. The number of phosphoric acid groups is 3. The minimum Gasteiger partial charge on any atom is -0.778 e. The van der Waals surface area contributed by atoms with Crippen LogP contribution in [0.3, 0.4) is 0 Å². The molecule has 3 aliphatic rings. The number of aliphatic hydroxyl groups is 2. The van der Waals surface area contributed by atoms with Crippen LogP contribution in [0.5, 0.6) is 0 Å².